The summed E-state index contributed by atoms with van der Waals surface area (Å²) in [6.07, 6.45) is 7.05. The van der Waals surface area contributed by atoms with Crippen molar-refractivity contribution in [3.05, 3.63) is 95.4 Å². The number of rotatable bonds is 8. The van der Waals surface area contributed by atoms with E-state index in [4.69, 9.17) is 9.47 Å². The van der Waals surface area contributed by atoms with Crippen molar-refractivity contribution in [1.29, 1.82) is 0 Å². The van der Waals surface area contributed by atoms with E-state index in [2.05, 4.69) is 10.3 Å². The Morgan fingerprint density at radius 3 is 2.58 bits per heavy atom. The van der Waals surface area contributed by atoms with Gasteiger partial charge in [0.05, 0.1) is 6.42 Å². The van der Waals surface area contributed by atoms with Gasteiger partial charge in [0.2, 0.25) is 18.6 Å². The predicted octanol–water partition coefficient (Wildman–Crippen LogP) is 5.80. The van der Waals surface area contributed by atoms with Crippen LogP contribution >= 0.6 is 0 Å². The minimum absolute atomic E-state index is 0.0558. The van der Waals surface area contributed by atoms with Crippen molar-refractivity contribution in [2.75, 3.05) is 6.79 Å². The summed E-state index contributed by atoms with van der Waals surface area (Å²) in [4.78, 5) is 33.0. The summed E-state index contributed by atoms with van der Waals surface area (Å²) in [7, 11) is 0. The summed E-state index contributed by atoms with van der Waals surface area (Å²) in [5.41, 5.74) is 3.15. The molecule has 0 bridgehead atoms. The van der Waals surface area contributed by atoms with Crippen LogP contribution in [0.2, 0.25) is 0 Å². The molecule has 2 heterocycles. The van der Waals surface area contributed by atoms with Gasteiger partial charge in [0.25, 0.3) is 0 Å². The van der Waals surface area contributed by atoms with Crippen molar-refractivity contribution in [1.82, 2.24) is 15.2 Å². The lowest BCUT2D eigenvalue weighted by atomic mass is 9.94. The van der Waals surface area contributed by atoms with Crippen LogP contribution in [-0.2, 0) is 22.6 Å². The minimum Gasteiger partial charge on any atom is -0.454 e. The first-order chi connectivity index (χ1) is 19.5. The zero-order valence-electron chi connectivity index (χ0n) is 22.2. The van der Waals surface area contributed by atoms with Gasteiger partial charge in [0, 0.05) is 29.7 Å². The summed E-state index contributed by atoms with van der Waals surface area (Å²) in [6.45, 7) is 0.307. The van der Waals surface area contributed by atoms with Crippen LogP contribution < -0.4 is 14.8 Å². The third kappa shape index (κ3) is 5.52. The zero-order valence-corrected chi connectivity index (χ0v) is 22.2. The number of amides is 2. The molecule has 4 aromatic rings. The van der Waals surface area contributed by atoms with Gasteiger partial charge >= 0.3 is 0 Å². The molecule has 2 N–H and O–H groups in total. The molecule has 1 atom stereocenters. The maximum absolute atomic E-state index is 14.2. The molecule has 1 aliphatic heterocycles. The normalized spacial score (nSPS) is 15.6. The van der Waals surface area contributed by atoms with E-state index in [-0.39, 0.29) is 37.6 Å². The number of hydrogen-bond acceptors (Lipinski definition) is 4. The van der Waals surface area contributed by atoms with Gasteiger partial charge in [0.15, 0.2) is 11.5 Å². The Balaban J connectivity index is 1.37. The molecule has 6 rings (SSSR count). The lowest BCUT2D eigenvalue weighted by Crippen LogP contribution is -2.47. The number of nitrogens with zero attached hydrogens (tertiary/aromatic N) is 1. The predicted molar refractivity (Wildman–Crippen MR) is 149 cm³/mol. The number of benzene rings is 3. The van der Waals surface area contributed by atoms with E-state index in [1.807, 2.05) is 48.7 Å². The second kappa shape index (κ2) is 11.4. The number of ether oxygens (including phenoxy) is 2. The fraction of sp³-hybridized carbons (Fsp3) is 0.312. The molecular formula is C32H32FN3O4. The van der Waals surface area contributed by atoms with Crippen LogP contribution in [0, 0.1) is 5.82 Å². The van der Waals surface area contributed by atoms with Gasteiger partial charge in [0.1, 0.15) is 11.9 Å². The first-order valence-corrected chi connectivity index (χ1v) is 13.8. The fourth-order valence-corrected chi connectivity index (χ4v) is 5.75. The Hall–Kier alpha value is -4.33. The molecular weight excluding hydrogens is 509 g/mol. The van der Waals surface area contributed by atoms with Gasteiger partial charge in [-0.25, -0.2) is 4.39 Å². The Morgan fingerprint density at radius 1 is 0.975 bits per heavy atom. The smallest absolute Gasteiger partial charge is 0.247 e. The summed E-state index contributed by atoms with van der Waals surface area (Å²) >= 11 is 0. The van der Waals surface area contributed by atoms with Gasteiger partial charge < -0.3 is 24.7 Å². The summed E-state index contributed by atoms with van der Waals surface area (Å²) in [5.74, 6) is 0.377. The molecule has 2 aliphatic rings. The summed E-state index contributed by atoms with van der Waals surface area (Å²) < 4.78 is 25.0. The third-order valence-corrected chi connectivity index (χ3v) is 7.82. The second-order valence-electron chi connectivity index (χ2n) is 10.5. The van der Waals surface area contributed by atoms with E-state index in [9.17, 15) is 14.0 Å². The number of aromatic nitrogens is 1. The number of para-hydroxylation sites is 1. The first-order valence-electron chi connectivity index (χ1n) is 13.8. The minimum atomic E-state index is -0.939. The number of aromatic amines is 1. The van der Waals surface area contributed by atoms with E-state index in [1.54, 1.807) is 17.0 Å². The van der Waals surface area contributed by atoms with E-state index in [1.165, 1.54) is 12.1 Å². The van der Waals surface area contributed by atoms with Crippen LogP contribution in [0.1, 0.15) is 54.8 Å². The van der Waals surface area contributed by atoms with E-state index in [0.29, 0.717) is 17.1 Å². The number of fused-ring (bicyclic) bond motifs is 2. The maximum Gasteiger partial charge on any atom is 0.247 e. The molecule has 8 heteroatoms. The highest BCUT2D eigenvalue weighted by molar-refractivity contribution is 5.92. The van der Waals surface area contributed by atoms with Crippen molar-refractivity contribution in [2.24, 2.45) is 0 Å². The maximum atomic E-state index is 14.2. The van der Waals surface area contributed by atoms with E-state index < -0.39 is 11.9 Å². The zero-order chi connectivity index (χ0) is 27.5. The molecule has 1 fully saturated rings. The second-order valence-corrected chi connectivity index (χ2v) is 10.5. The van der Waals surface area contributed by atoms with Gasteiger partial charge in [-0.1, -0.05) is 55.7 Å². The van der Waals surface area contributed by atoms with Crippen molar-refractivity contribution in [3.8, 4) is 11.5 Å². The first kappa shape index (κ1) is 25.9. The number of nitrogens with one attached hydrogen (secondary N) is 2. The number of carbonyl (C=O) groups excluding carboxylic acids is 2. The molecule has 1 aliphatic carbocycles. The van der Waals surface area contributed by atoms with Crippen LogP contribution in [0.15, 0.2) is 72.9 Å². The van der Waals surface area contributed by atoms with Crippen LogP contribution in [0.5, 0.6) is 11.5 Å². The highest BCUT2D eigenvalue weighted by Gasteiger charge is 2.33. The largest absolute Gasteiger partial charge is 0.454 e. The molecule has 1 aromatic heterocycles. The van der Waals surface area contributed by atoms with Crippen LogP contribution in [-0.4, -0.2) is 34.5 Å². The molecule has 0 radical (unpaired) electrons. The third-order valence-electron chi connectivity index (χ3n) is 7.82. The van der Waals surface area contributed by atoms with Crippen molar-refractivity contribution in [2.45, 2.75) is 57.2 Å². The molecule has 40 heavy (non-hydrogen) atoms. The Labute approximate surface area is 232 Å². The highest BCUT2D eigenvalue weighted by Crippen LogP contribution is 2.34. The van der Waals surface area contributed by atoms with Crippen LogP contribution in [0.25, 0.3) is 10.9 Å². The lowest BCUT2D eigenvalue weighted by Gasteiger charge is -2.33. The molecule has 2 amide bonds. The fourth-order valence-electron chi connectivity index (χ4n) is 5.75. The number of carbonyl (C=O) groups is 2. The van der Waals surface area contributed by atoms with Gasteiger partial charge in [-0.2, -0.15) is 0 Å². The molecule has 0 saturated heterocycles. The standard InChI is InChI=1S/C32H32FN3O4/c33-24-13-11-22(12-14-24)31(32(38)35-25-6-2-1-3-7-25)36(19-21-10-15-28-29(16-21)40-20-39-28)30(37)17-23-18-34-27-9-5-4-8-26(23)27/h4-5,8-16,18,25,31,34H,1-3,6-7,17,19-20H2,(H,35,38)/t31-/m0/s1. The number of halogens is 1. The topological polar surface area (TPSA) is 83.7 Å². The molecule has 0 unspecified atom stereocenters. The molecule has 0 spiro atoms. The summed E-state index contributed by atoms with van der Waals surface area (Å²) in [6, 6.07) is 18.3. The highest BCUT2D eigenvalue weighted by atomic mass is 19.1. The monoisotopic (exact) mass is 541 g/mol. The van der Waals surface area contributed by atoms with Crippen molar-refractivity contribution < 1.29 is 23.5 Å². The van der Waals surface area contributed by atoms with Gasteiger partial charge in [-0.3, -0.25) is 9.59 Å². The Bertz CT molecular complexity index is 1510. The molecule has 1 saturated carbocycles. The lowest BCUT2D eigenvalue weighted by molar-refractivity contribution is -0.141. The van der Waals surface area contributed by atoms with E-state index >= 15 is 0 Å². The van der Waals surface area contributed by atoms with Crippen LogP contribution in [0.3, 0.4) is 0 Å². The van der Waals surface area contributed by atoms with Crippen molar-refractivity contribution >= 4 is 22.7 Å². The Kier molecular flexibility index (Phi) is 7.40. The summed E-state index contributed by atoms with van der Waals surface area (Å²) in [5, 5.41) is 4.17. The van der Waals surface area contributed by atoms with Crippen molar-refractivity contribution in [3.63, 3.8) is 0 Å². The SMILES string of the molecule is O=C(NC1CCCCC1)[C@H](c1ccc(F)cc1)N(Cc1ccc2c(c1)OCO2)C(=O)Cc1c[nH]c2ccccc12. The molecule has 3 aromatic carbocycles. The van der Waals surface area contributed by atoms with E-state index in [0.717, 1.165) is 54.1 Å². The quantitative estimate of drug-likeness (QED) is 0.296. The molecule has 7 nitrogen and oxygen atoms in total. The van der Waals surface area contributed by atoms with Gasteiger partial charge in [-0.05, 0) is 59.9 Å². The molecule has 206 valence electrons. The average Bonchev–Trinajstić information content (AvgIpc) is 3.61. The Morgan fingerprint density at radius 2 is 1.75 bits per heavy atom. The van der Waals surface area contributed by atoms with Crippen LogP contribution in [0.4, 0.5) is 4.39 Å². The van der Waals surface area contributed by atoms with Gasteiger partial charge in [-0.15, -0.1) is 0 Å². The number of H-pyrrole nitrogens is 1. The number of hydrogen-bond donors (Lipinski definition) is 2. The average molecular weight is 542 g/mol.